The molecule has 21 heavy (non-hydrogen) atoms. The van der Waals surface area contributed by atoms with Crippen molar-refractivity contribution in [2.45, 2.75) is 26.2 Å². The number of amides is 1. The molecule has 0 aromatic heterocycles. The summed E-state index contributed by atoms with van der Waals surface area (Å²) in [7, 11) is 0. The molecule has 0 atom stereocenters. The molecule has 4 nitrogen and oxygen atoms in total. The Hall–Kier alpha value is -1.26. The molecule has 1 aliphatic heterocycles. The molecule has 1 amide bonds. The predicted octanol–water partition coefficient (Wildman–Crippen LogP) is 2.17. The van der Waals surface area contributed by atoms with E-state index in [1.807, 2.05) is 25.1 Å². The second-order valence-corrected chi connectivity index (χ2v) is 5.15. The van der Waals surface area contributed by atoms with Gasteiger partial charge in [-0.05, 0) is 57.0 Å². The van der Waals surface area contributed by atoms with Crippen molar-refractivity contribution in [3.05, 3.63) is 29.8 Å². The Morgan fingerprint density at radius 1 is 1.38 bits per heavy atom. The topological polar surface area (TPSA) is 50.4 Å². The minimum absolute atomic E-state index is 0. The highest BCUT2D eigenvalue weighted by molar-refractivity contribution is 5.85. The zero-order valence-corrected chi connectivity index (χ0v) is 13.4. The van der Waals surface area contributed by atoms with Gasteiger partial charge < -0.3 is 15.4 Å². The third-order valence-electron chi connectivity index (χ3n) is 3.63. The molecule has 0 bridgehead atoms. The van der Waals surface area contributed by atoms with Gasteiger partial charge in [-0.3, -0.25) is 4.79 Å². The van der Waals surface area contributed by atoms with Gasteiger partial charge in [0.2, 0.25) is 5.91 Å². The maximum atomic E-state index is 12.0. The standard InChI is InChI=1S/C16H24N2O2.ClH/c1-2-20-15-5-3-4-13(12-15)6-11-18-16(19)14-7-9-17-10-8-14;/h3-5,12,14,17H,2,6-11H2,1H3,(H,18,19);1H. The van der Waals surface area contributed by atoms with Crippen LogP contribution in [0.15, 0.2) is 24.3 Å². The molecule has 1 aromatic carbocycles. The fraction of sp³-hybridized carbons (Fsp3) is 0.562. The Morgan fingerprint density at radius 2 is 2.14 bits per heavy atom. The number of piperidine rings is 1. The molecule has 0 spiro atoms. The lowest BCUT2D eigenvalue weighted by atomic mass is 9.97. The van der Waals surface area contributed by atoms with E-state index >= 15 is 0 Å². The first-order valence-electron chi connectivity index (χ1n) is 7.49. The normalized spacial score (nSPS) is 15.1. The molecule has 0 unspecified atom stereocenters. The van der Waals surface area contributed by atoms with Crippen LogP contribution >= 0.6 is 12.4 Å². The van der Waals surface area contributed by atoms with Crippen LogP contribution in [0.2, 0.25) is 0 Å². The second kappa shape index (κ2) is 9.64. The molecule has 1 saturated heterocycles. The lowest BCUT2D eigenvalue weighted by molar-refractivity contribution is -0.125. The van der Waals surface area contributed by atoms with Gasteiger partial charge in [-0.15, -0.1) is 12.4 Å². The van der Waals surface area contributed by atoms with Crippen molar-refractivity contribution in [2.24, 2.45) is 5.92 Å². The summed E-state index contributed by atoms with van der Waals surface area (Å²) in [6, 6.07) is 8.06. The van der Waals surface area contributed by atoms with Crippen LogP contribution in [0.1, 0.15) is 25.3 Å². The number of benzene rings is 1. The van der Waals surface area contributed by atoms with Crippen molar-refractivity contribution in [1.82, 2.24) is 10.6 Å². The Morgan fingerprint density at radius 3 is 2.86 bits per heavy atom. The van der Waals surface area contributed by atoms with Gasteiger partial charge in [-0.1, -0.05) is 12.1 Å². The molecule has 5 heteroatoms. The van der Waals surface area contributed by atoms with Crippen molar-refractivity contribution in [3.8, 4) is 5.75 Å². The van der Waals surface area contributed by atoms with Crippen LogP contribution in [-0.2, 0) is 11.2 Å². The zero-order chi connectivity index (χ0) is 14.2. The number of carbonyl (C=O) groups is 1. The van der Waals surface area contributed by atoms with Gasteiger partial charge in [0, 0.05) is 12.5 Å². The summed E-state index contributed by atoms with van der Waals surface area (Å²) in [5.74, 6) is 1.29. The lowest BCUT2D eigenvalue weighted by Crippen LogP contribution is -2.38. The average Bonchev–Trinajstić information content (AvgIpc) is 2.49. The number of ether oxygens (including phenoxy) is 1. The van der Waals surface area contributed by atoms with Gasteiger partial charge in [-0.2, -0.15) is 0 Å². The monoisotopic (exact) mass is 312 g/mol. The Bertz CT molecular complexity index is 434. The van der Waals surface area contributed by atoms with E-state index in [2.05, 4.69) is 16.7 Å². The van der Waals surface area contributed by atoms with Crippen LogP contribution in [0.25, 0.3) is 0 Å². The van der Waals surface area contributed by atoms with Crippen molar-refractivity contribution in [2.75, 3.05) is 26.2 Å². The van der Waals surface area contributed by atoms with Crippen LogP contribution < -0.4 is 15.4 Å². The second-order valence-electron chi connectivity index (χ2n) is 5.15. The molecular weight excluding hydrogens is 288 g/mol. The largest absolute Gasteiger partial charge is 0.494 e. The highest BCUT2D eigenvalue weighted by Crippen LogP contribution is 2.14. The van der Waals surface area contributed by atoms with Crippen molar-refractivity contribution >= 4 is 18.3 Å². The maximum absolute atomic E-state index is 12.0. The van der Waals surface area contributed by atoms with E-state index in [9.17, 15) is 4.79 Å². The molecule has 0 saturated carbocycles. The molecule has 0 radical (unpaired) electrons. The summed E-state index contributed by atoms with van der Waals surface area (Å²) in [6.45, 7) is 5.25. The van der Waals surface area contributed by atoms with Crippen molar-refractivity contribution in [3.63, 3.8) is 0 Å². The molecule has 118 valence electrons. The van der Waals surface area contributed by atoms with Gasteiger partial charge in [-0.25, -0.2) is 0 Å². The lowest BCUT2D eigenvalue weighted by Gasteiger charge is -2.21. The zero-order valence-electron chi connectivity index (χ0n) is 12.6. The number of nitrogens with one attached hydrogen (secondary N) is 2. The molecule has 1 aromatic rings. The fourth-order valence-electron chi connectivity index (χ4n) is 2.52. The van der Waals surface area contributed by atoms with Crippen molar-refractivity contribution in [1.29, 1.82) is 0 Å². The van der Waals surface area contributed by atoms with Crippen LogP contribution in [0.3, 0.4) is 0 Å². The highest BCUT2D eigenvalue weighted by Gasteiger charge is 2.20. The van der Waals surface area contributed by atoms with Gasteiger partial charge in [0.25, 0.3) is 0 Å². The number of carbonyl (C=O) groups excluding carboxylic acids is 1. The third-order valence-corrected chi connectivity index (χ3v) is 3.63. The predicted molar refractivity (Wildman–Crippen MR) is 87.2 cm³/mol. The molecule has 1 fully saturated rings. The summed E-state index contributed by atoms with van der Waals surface area (Å²) in [6.07, 6.45) is 2.74. The smallest absolute Gasteiger partial charge is 0.223 e. The Kier molecular flexibility index (Phi) is 8.16. The van der Waals surface area contributed by atoms with E-state index in [1.165, 1.54) is 5.56 Å². The summed E-state index contributed by atoms with van der Waals surface area (Å²) in [4.78, 5) is 12.0. The summed E-state index contributed by atoms with van der Waals surface area (Å²) < 4.78 is 5.47. The molecular formula is C16H25ClN2O2. The first kappa shape index (κ1) is 17.8. The van der Waals surface area contributed by atoms with E-state index in [-0.39, 0.29) is 24.2 Å². The number of hydrogen-bond donors (Lipinski definition) is 2. The number of rotatable bonds is 6. The van der Waals surface area contributed by atoms with Crippen LogP contribution in [-0.4, -0.2) is 32.1 Å². The average molecular weight is 313 g/mol. The molecule has 2 rings (SSSR count). The van der Waals surface area contributed by atoms with Gasteiger partial charge in [0.1, 0.15) is 5.75 Å². The SMILES string of the molecule is CCOc1cccc(CCNC(=O)C2CCNCC2)c1.Cl. The van der Waals surface area contributed by atoms with E-state index in [0.717, 1.165) is 38.1 Å². The summed E-state index contributed by atoms with van der Waals surface area (Å²) in [5, 5.41) is 6.32. The molecule has 1 aliphatic rings. The van der Waals surface area contributed by atoms with E-state index < -0.39 is 0 Å². The number of hydrogen-bond acceptors (Lipinski definition) is 3. The third kappa shape index (κ3) is 5.94. The van der Waals surface area contributed by atoms with E-state index in [4.69, 9.17) is 4.74 Å². The quantitative estimate of drug-likeness (QED) is 0.846. The summed E-state index contributed by atoms with van der Waals surface area (Å²) in [5.41, 5.74) is 1.20. The minimum atomic E-state index is 0. The van der Waals surface area contributed by atoms with E-state index in [1.54, 1.807) is 0 Å². The van der Waals surface area contributed by atoms with Crippen LogP contribution in [0, 0.1) is 5.92 Å². The first-order valence-corrected chi connectivity index (χ1v) is 7.49. The molecule has 1 heterocycles. The number of halogens is 1. The molecule has 2 N–H and O–H groups in total. The van der Waals surface area contributed by atoms with Gasteiger partial charge in [0.15, 0.2) is 0 Å². The van der Waals surface area contributed by atoms with Gasteiger partial charge >= 0.3 is 0 Å². The Balaban J connectivity index is 0.00000220. The summed E-state index contributed by atoms with van der Waals surface area (Å²) >= 11 is 0. The van der Waals surface area contributed by atoms with Crippen molar-refractivity contribution < 1.29 is 9.53 Å². The first-order chi connectivity index (χ1) is 9.79. The Labute approximate surface area is 133 Å². The van der Waals surface area contributed by atoms with Crippen LogP contribution in [0.4, 0.5) is 0 Å². The highest BCUT2D eigenvalue weighted by atomic mass is 35.5. The molecule has 0 aliphatic carbocycles. The minimum Gasteiger partial charge on any atom is -0.494 e. The maximum Gasteiger partial charge on any atom is 0.223 e. The fourth-order valence-corrected chi connectivity index (χ4v) is 2.52. The van der Waals surface area contributed by atoms with E-state index in [0.29, 0.717) is 13.2 Å². The van der Waals surface area contributed by atoms with Gasteiger partial charge in [0.05, 0.1) is 6.61 Å². The van der Waals surface area contributed by atoms with Crippen LogP contribution in [0.5, 0.6) is 5.75 Å².